The maximum absolute atomic E-state index is 8.78. The number of morpholine rings is 1. The molecule has 0 N–H and O–H groups in total. The molecule has 1 atom stereocenters. The van der Waals surface area contributed by atoms with Gasteiger partial charge in [0.1, 0.15) is 0 Å². The molecule has 1 fully saturated rings. The Labute approximate surface area is 109 Å². The molecule has 0 bridgehead atoms. The van der Waals surface area contributed by atoms with Crippen LogP contribution in [-0.4, -0.2) is 29.7 Å². The average Bonchev–Trinajstić information content (AvgIpc) is 2.27. The van der Waals surface area contributed by atoms with Crippen LogP contribution >= 0.6 is 0 Å². The highest BCUT2D eigenvalue weighted by molar-refractivity contribution is 5.31. The first-order chi connectivity index (χ1) is 8.48. The third-order valence-electron chi connectivity index (χ3n) is 3.13. The van der Waals surface area contributed by atoms with Gasteiger partial charge in [-0.25, -0.2) is 0 Å². The molecule has 1 saturated heterocycles. The highest BCUT2D eigenvalue weighted by atomic mass is 16.5. The summed E-state index contributed by atoms with van der Waals surface area (Å²) in [6.45, 7) is 9.21. The third-order valence-corrected chi connectivity index (χ3v) is 3.13. The average molecular weight is 244 g/mol. The van der Waals surface area contributed by atoms with Gasteiger partial charge in [0, 0.05) is 19.6 Å². The van der Waals surface area contributed by atoms with Crippen LogP contribution in [0.1, 0.15) is 31.9 Å². The minimum Gasteiger partial charge on any atom is -0.370 e. The molecule has 0 amide bonds. The van der Waals surface area contributed by atoms with Crippen LogP contribution < -0.4 is 0 Å². The lowest BCUT2D eigenvalue weighted by Crippen LogP contribution is -2.51. The van der Waals surface area contributed by atoms with Gasteiger partial charge in [0.25, 0.3) is 0 Å². The van der Waals surface area contributed by atoms with Crippen molar-refractivity contribution in [3.63, 3.8) is 0 Å². The maximum Gasteiger partial charge on any atom is 0.0991 e. The van der Waals surface area contributed by atoms with Crippen molar-refractivity contribution in [2.45, 2.75) is 39.0 Å². The third kappa shape index (κ3) is 3.32. The lowest BCUT2D eigenvalue weighted by atomic mass is 10.0. The van der Waals surface area contributed by atoms with Crippen LogP contribution in [0.4, 0.5) is 0 Å². The van der Waals surface area contributed by atoms with E-state index in [9.17, 15) is 0 Å². The zero-order valence-electron chi connectivity index (χ0n) is 11.3. The topological polar surface area (TPSA) is 36.3 Å². The Morgan fingerprint density at radius 2 is 2.06 bits per heavy atom. The van der Waals surface area contributed by atoms with Gasteiger partial charge in [0.15, 0.2) is 0 Å². The van der Waals surface area contributed by atoms with E-state index in [2.05, 4.69) is 31.7 Å². The van der Waals surface area contributed by atoms with E-state index in [4.69, 9.17) is 10.00 Å². The van der Waals surface area contributed by atoms with Gasteiger partial charge in [0.2, 0.25) is 0 Å². The molecule has 1 aliphatic heterocycles. The number of ether oxygens (including phenoxy) is 1. The Hall–Kier alpha value is -1.37. The normalized spacial score (nSPS) is 23.6. The lowest BCUT2D eigenvalue weighted by molar-refractivity contribution is -0.130. The zero-order chi connectivity index (χ0) is 13.2. The number of hydrogen-bond donors (Lipinski definition) is 0. The van der Waals surface area contributed by atoms with Crippen molar-refractivity contribution >= 4 is 0 Å². The van der Waals surface area contributed by atoms with E-state index in [-0.39, 0.29) is 11.7 Å². The van der Waals surface area contributed by atoms with Crippen molar-refractivity contribution in [2.75, 3.05) is 13.1 Å². The first kappa shape index (κ1) is 13.1. The molecular weight excluding hydrogens is 224 g/mol. The molecule has 0 radical (unpaired) electrons. The van der Waals surface area contributed by atoms with Gasteiger partial charge in [-0.15, -0.1) is 0 Å². The second kappa shape index (κ2) is 5.09. The molecule has 1 aliphatic rings. The molecule has 0 aliphatic carbocycles. The number of rotatable bonds is 2. The summed E-state index contributed by atoms with van der Waals surface area (Å²) >= 11 is 0. The smallest absolute Gasteiger partial charge is 0.0991 e. The highest BCUT2D eigenvalue weighted by Crippen LogP contribution is 2.22. The molecule has 3 nitrogen and oxygen atoms in total. The van der Waals surface area contributed by atoms with Crippen molar-refractivity contribution in [2.24, 2.45) is 0 Å². The number of benzene rings is 1. The van der Waals surface area contributed by atoms with Gasteiger partial charge in [-0.3, -0.25) is 4.90 Å². The van der Waals surface area contributed by atoms with Gasteiger partial charge in [-0.1, -0.05) is 12.1 Å². The summed E-state index contributed by atoms with van der Waals surface area (Å²) in [7, 11) is 0. The van der Waals surface area contributed by atoms with E-state index in [0.29, 0.717) is 0 Å². The molecule has 0 saturated carbocycles. The summed E-state index contributed by atoms with van der Waals surface area (Å²) in [6, 6.07) is 9.97. The van der Waals surface area contributed by atoms with Crippen LogP contribution in [0.25, 0.3) is 0 Å². The standard InChI is InChI=1S/C15H20N2O/c1-12-9-17(11-15(2,3)18-12)10-14-6-4-13(8-16)5-7-14/h4-7,12H,9-11H2,1-3H3. The first-order valence-electron chi connectivity index (χ1n) is 6.38. The molecule has 2 rings (SSSR count). The summed E-state index contributed by atoms with van der Waals surface area (Å²) in [5.41, 5.74) is 1.89. The maximum atomic E-state index is 8.78. The molecule has 18 heavy (non-hydrogen) atoms. The van der Waals surface area contributed by atoms with Gasteiger partial charge < -0.3 is 4.74 Å². The van der Waals surface area contributed by atoms with Crippen molar-refractivity contribution in [1.82, 2.24) is 4.90 Å². The van der Waals surface area contributed by atoms with Crippen LogP contribution in [-0.2, 0) is 11.3 Å². The number of nitriles is 1. The molecule has 0 aromatic heterocycles. The minimum absolute atomic E-state index is 0.0791. The van der Waals surface area contributed by atoms with E-state index in [1.807, 2.05) is 24.3 Å². The summed E-state index contributed by atoms with van der Waals surface area (Å²) < 4.78 is 5.89. The quantitative estimate of drug-likeness (QED) is 0.802. The fourth-order valence-corrected chi connectivity index (χ4v) is 2.65. The van der Waals surface area contributed by atoms with Gasteiger partial charge in [0.05, 0.1) is 23.3 Å². The molecule has 1 heterocycles. The predicted molar refractivity (Wildman–Crippen MR) is 71.1 cm³/mol. The summed E-state index contributed by atoms with van der Waals surface area (Å²) in [5, 5.41) is 8.78. The Morgan fingerprint density at radius 1 is 1.39 bits per heavy atom. The van der Waals surface area contributed by atoms with E-state index in [1.54, 1.807) is 0 Å². The summed E-state index contributed by atoms with van der Waals surface area (Å²) in [4.78, 5) is 2.41. The summed E-state index contributed by atoms with van der Waals surface area (Å²) in [6.07, 6.45) is 0.270. The largest absolute Gasteiger partial charge is 0.370 e. The minimum atomic E-state index is -0.0791. The van der Waals surface area contributed by atoms with Crippen molar-refractivity contribution in [1.29, 1.82) is 5.26 Å². The van der Waals surface area contributed by atoms with Gasteiger partial charge in [-0.2, -0.15) is 5.26 Å². The lowest BCUT2D eigenvalue weighted by Gasteiger charge is -2.41. The van der Waals surface area contributed by atoms with E-state index < -0.39 is 0 Å². The molecular formula is C15H20N2O. The van der Waals surface area contributed by atoms with E-state index in [1.165, 1.54) is 5.56 Å². The SMILES string of the molecule is CC1CN(Cc2ccc(C#N)cc2)CC(C)(C)O1. The van der Waals surface area contributed by atoms with Crippen molar-refractivity contribution in [3.8, 4) is 6.07 Å². The molecule has 96 valence electrons. The van der Waals surface area contributed by atoms with Crippen LogP contribution in [0.5, 0.6) is 0 Å². The monoisotopic (exact) mass is 244 g/mol. The summed E-state index contributed by atoms with van der Waals surface area (Å²) in [5.74, 6) is 0. The second-order valence-corrected chi connectivity index (χ2v) is 5.67. The van der Waals surface area contributed by atoms with Crippen LogP contribution in [0.2, 0.25) is 0 Å². The molecule has 1 aromatic carbocycles. The molecule has 1 aromatic rings. The number of hydrogen-bond acceptors (Lipinski definition) is 3. The van der Waals surface area contributed by atoms with Gasteiger partial charge >= 0.3 is 0 Å². The second-order valence-electron chi connectivity index (χ2n) is 5.67. The van der Waals surface area contributed by atoms with Crippen LogP contribution in [0.15, 0.2) is 24.3 Å². The van der Waals surface area contributed by atoms with E-state index >= 15 is 0 Å². The van der Waals surface area contributed by atoms with Crippen molar-refractivity contribution in [3.05, 3.63) is 35.4 Å². The van der Waals surface area contributed by atoms with Crippen LogP contribution in [0.3, 0.4) is 0 Å². The molecule has 0 spiro atoms. The Bertz CT molecular complexity index is 445. The fourth-order valence-electron chi connectivity index (χ4n) is 2.65. The van der Waals surface area contributed by atoms with Gasteiger partial charge in [-0.05, 0) is 38.5 Å². The predicted octanol–water partition coefficient (Wildman–Crippen LogP) is 2.56. The molecule has 1 unspecified atom stereocenters. The Kier molecular flexibility index (Phi) is 3.70. The number of nitrogens with zero attached hydrogens (tertiary/aromatic N) is 2. The zero-order valence-corrected chi connectivity index (χ0v) is 11.3. The highest BCUT2D eigenvalue weighted by Gasteiger charge is 2.30. The Morgan fingerprint density at radius 3 is 2.61 bits per heavy atom. The Balaban J connectivity index is 2.02. The van der Waals surface area contributed by atoms with E-state index in [0.717, 1.165) is 25.2 Å². The van der Waals surface area contributed by atoms with Crippen molar-refractivity contribution < 1.29 is 4.74 Å². The van der Waals surface area contributed by atoms with Crippen LogP contribution in [0, 0.1) is 11.3 Å². The molecule has 3 heteroatoms. The first-order valence-corrected chi connectivity index (χ1v) is 6.38. The fraction of sp³-hybridized carbons (Fsp3) is 0.533.